The zero-order valence-corrected chi connectivity index (χ0v) is 7.86. The minimum absolute atomic E-state index is 0.214. The van der Waals surface area contributed by atoms with Crippen LogP contribution in [0.3, 0.4) is 0 Å². The molecule has 0 aromatic carbocycles. The van der Waals surface area contributed by atoms with Crippen molar-refractivity contribution in [2.24, 2.45) is 0 Å². The van der Waals surface area contributed by atoms with Crippen molar-refractivity contribution >= 4 is 5.97 Å². The summed E-state index contributed by atoms with van der Waals surface area (Å²) >= 11 is 0. The van der Waals surface area contributed by atoms with Crippen LogP contribution in [0.1, 0.15) is 17.3 Å². The Morgan fingerprint density at radius 1 is 1.64 bits per heavy atom. The summed E-state index contributed by atoms with van der Waals surface area (Å²) in [7, 11) is 0. The van der Waals surface area contributed by atoms with Gasteiger partial charge in [0.25, 0.3) is 0 Å². The lowest BCUT2D eigenvalue weighted by Gasteiger charge is -2.05. The van der Waals surface area contributed by atoms with Gasteiger partial charge in [-0.15, -0.1) is 0 Å². The van der Waals surface area contributed by atoms with Gasteiger partial charge in [0.05, 0.1) is 0 Å². The van der Waals surface area contributed by atoms with Crippen LogP contribution < -0.4 is 5.43 Å². The molecule has 0 fully saturated rings. The fourth-order valence-electron chi connectivity index (χ4n) is 1.10. The fraction of sp³-hybridized carbons (Fsp3) is 0.200. The quantitative estimate of drug-likeness (QED) is 0.732. The Hall–Kier alpha value is -1.84. The van der Waals surface area contributed by atoms with Gasteiger partial charge in [-0.3, -0.25) is 4.79 Å². The molecule has 0 aliphatic heterocycles. The molecular weight excluding hydrogens is 182 g/mol. The maximum absolute atomic E-state index is 11.1. The second kappa shape index (κ2) is 3.91. The molecule has 0 amide bonds. The molecule has 1 rings (SSSR count). The van der Waals surface area contributed by atoms with Crippen molar-refractivity contribution in [3.05, 3.63) is 46.4 Å². The van der Waals surface area contributed by atoms with E-state index >= 15 is 0 Å². The van der Waals surface area contributed by atoms with Crippen molar-refractivity contribution < 1.29 is 9.90 Å². The monoisotopic (exact) mass is 193 g/mol. The summed E-state index contributed by atoms with van der Waals surface area (Å²) in [6.07, 6.45) is 2.86. The van der Waals surface area contributed by atoms with E-state index in [-0.39, 0.29) is 5.56 Å². The normalized spacial score (nSPS) is 9.79. The highest BCUT2D eigenvalue weighted by Gasteiger charge is 2.07. The van der Waals surface area contributed by atoms with Crippen LogP contribution in [0, 0.1) is 0 Å². The third-order valence-electron chi connectivity index (χ3n) is 1.66. The first-order valence-electron chi connectivity index (χ1n) is 4.08. The number of carboxylic acid groups (broad SMARTS) is 1. The Morgan fingerprint density at radius 3 is 2.79 bits per heavy atom. The maximum Gasteiger partial charge on any atom is 0.341 e. The third-order valence-corrected chi connectivity index (χ3v) is 1.66. The molecule has 1 heterocycles. The van der Waals surface area contributed by atoms with E-state index in [0.29, 0.717) is 6.54 Å². The number of aromatic nitrogens is 1. The van der Waals surface area contributed by atoms with E-state index in [1.54, 1.807) is 10.8 Å². The smallest absolute Gasteiger partial charge is 0.341 e. The van der Waals surface area contributed by atoms with Crippen molar-refractivity contribution in [1.82, 2.24) is 4.57 Å². The summed E-state index contributed by atoms with van der Waals surface area (Å²) in [6.45, 7) is 6.05. The zero-order chi connectivity index (χ0) is 10.7. The number of carbonyl (C=O) groups is 1. The van der Waals surface area contributed by atoms with E-state index in [1.165, 1.54) is 12.3 Å². The molecule has 0 atom stereocenters. The molecule has 0 bridgehead atoms. The molecule has 0 radical (unpaired) electrons. The molecule has 4 heteroatoms. The number of hydrogen-bond acceptors (Lipinski definition) is 2. The second-order valence-electron chi connectivity index (χ2n) is 3.16. The lowest BCUT2D eigenvalue weighted by Crippen LogP contribution is -2.16. The maximum atomic E-state index is 11.1. The van der Waals surface area contributed by atoms with Gasteiger partial charge < -0.3 is 9.67 Å². The van der Waals surface area contributed by atoms with Gasteiger partial charge in [-0.1, -0.05) is 12.2 Å². The number of nitrogens with zero attached hydrogens (tertiary/aromatic N) is 1. The molecule has 0 aliphatic carbocycles. The average Bonchev–Trinajstić information content (AvgIpc) is 2.07. The topological polar surface area (TPSA) is 59.3 Å². The lowest BCUT2D eigenvalue weighted by molar-refractivity contribution is 0.0694. The summed E-state index contributed by atoms with van der Waals surface area (Å²) in [6, 6.07) is 1.24. The zero-order valence-electron chi connectivity index (χ0n) is 7.86. The molecule has 4 nitrogen and oxygen atoms in total. The van der Waals surface area contributed by atoms with Gasteiger partial charge >= 0.3 is 5.97 Å². The van der Waals surface area contributed by atoms with E-state index in [1.807, 2.05) is 6.92 Å². The molecule has 0 aliphatic rings. The summed E-state index contributed by atoms with van der Waals surface area (Å²) in [5.41, 5.74) is 0.203. The standard InChI is InChI=1S/C10H11NO3/c1-7(2)5-11-4-3-9(12)8(6-11)10(13)14/h3-4,6H,1,5H2,2H3,(H,13,14). The minimum atomic E-state index is -1.20. The predicted octanol–water partition coefficient (Wildman–Crippen LogP) is 1.12. The molecule has 0 saturated carbocycles. The fourth-order valence-corrected chi connectivity index (χ4v) is 1.10. The van der Waals surface area contributed by atoms with Crippen LogP contribution >= 0.6 is 0 Å². The lowest BCUT2D eigenvalue weighted by atomic mass is 10.2. The van der Waals surface area contributed by atoms with Crippen LogP contribution in [0.2, 0.25) is 0 Å². The first-order chi connectivity index (χ1) is 6.50. The van der Waals surface area contributed by atoms with Crippen LogP contribution in [-0.2, 0) is 6.54 Å². The predicted molar refractivity (Wildman–Crippen MR) is 52.5 cm³/mol. The average molecular weight is 193 g/mol. The number of hydrogen-bond donors (Lipinski definition) is 1. The number of carboxylic acids is 1. The Bertz CT molecular complexity index is 431. The molecule has 1 aromatic rings. The number of pyridine rings is 1. The number of rotatable bonds is 3. The van der Waals surface area contributed by atoms with Crippen LogP contribution in [0.25, 0.3) is 0 Å². The first kappa shape index (κ1) is 10.2. The highest BCUT2D eigenvalue weighted by atomic mass is 16.4. The van der Waals surface area contributed by atoms with Crippen molar-refractivity contribution in [1.29, 1.82) is 0 Å². The third kappa shape index (κ3) is 2.32. The molecule has 0 unspecified atom stereocenters. The second-order valence-corrected chi connectivity index (χ2v) is 3.16. The molecule has 74 valence electrons. The van der Waals surface area contributed by atoms with Crippen molar-refractivity contribution in [3.8, 4) is 0 Å². The minimum Gasteiger partial charge on any atom is -0.477 e. The molecule has 1 aromatic heterocycles. The van der Waals surface area contributed by atoms with Crippen molar-refractivity contribution in [2.75, 3.05) is 0 Å². The highest BCUT2D eigenvalue weighted by molar-refractivity contribution is 5.86. The van der Waals surface area contributed by atoms with Gasteiger partial charge in [-0.25, -0.2) is 4.79 Å². The van der Waals surface area contributed by atoms with Gasteiger partial charge in [0.15, 0.2) is 5.43 Å². The van der Waals surface area contributed by atoms with Gasteiger partial charge in [-0.05, 0) is 6.92 Å². The summed E-state index contributed by atoms with van der Waals surface area (Å²) in [5.74, 6) is -1.20. The van der Waals surface area contributed by atoms with Gasteiger partial charge in [-0.2, -0.15) is 0 Å². The van der Waals surface area contributed by atoms with E-state index in [9.17, 15) is 9.59 Å². The molecule has 0 spiro atoms. The van der Waals surface area contributed by atoms with Crippen LogP contribution in [0.5, 0.6) is 0 Å². The Kier molecular flexibility index (Phi) is 2.86. The van der Waals surface area contributed by atoms with Crippen LogP contribution in [0.15, 0.2) is 35.4 Å². The molecule has 1 N–H and O–H groups in total. The number of aromatic carboxylic acids is 1. The Morgan fingerprint density at radius 2 is 2.29 bits per heavy atom. The molecule has 14 heavy (non-hydrogen) atoms. The first-order valence-corrected chi connectivity index (χ1v) is 4.08. The van der Waals surface area contributed by atoms with Crippen molar-refractivity contribution in [2.45, 2.75) is 13.5 Å². The molecule has 0 saturated heterocycles. The summed E-state index contributed by atoms with van der Waals surface area (Å²) < 4.78 is 1.62. The largest absolute Gasteiger partial charge is 0.477 e. The van der Waals surface area contributed by atoms with E-state index in [4.69, 9.17) is 5.11 Å². The molecular formula is C10H11NO3. The Labute approximate surface area is 81.1 Å². The van der Waals surface area contributed by atoms with Gasteiger partial charge in [0, 0.05) is 25.0 Å². The summed E-state index contributed by atoms with van der Waals surface area (Å²) in [5, 5.41) is 8.69. The summed E-state index contributed by atoms with van der Waals surface area (Å²) in [4.78, 5) is 21.7. The van der Waals surface area contributed by atoms with Gasteiger partial charge in [0.2, 0.25) is 0 Å². The van der Waals surface area contributed by atoms with E-state index < -0.39 is 11.4 Å². The SMILES string of the molecule is C=C(C)Cn1ccc(=O)c(C(=O)O)c1. The van der Waals surface area contributed by atoms with Gasteiger partial charge in [0.1, 0.15) is 5.56 Å². The van der Waals surface area contributed by atoms with Crippen LogP contribution in [0.4, 0.5) is 0 Å². The number of allylic oxidation sites excluding steroid dienone is 1. The van der Waals surface area contributed by atoms with E-state index in [0.717, 1.165) is 5.57 Å². The van der Waals surface area contributed by atoms with Crippen molar-refractivity contribution in [3.63, 3.8) is 0 Å². The Balaban J connectivity index is 3.13. The van der Waals surface area contributed by atoms with E-state index in [2.05, 4.69) is 6.58 Å². The highest BCUT2D eigenvalue weighted by Crippen LogP contribution is 1.97. The van der Waals surface area contributed by atoms with Crippen LogP contribution in [-0.4, -0.2) is 15.6 Å².